The molecule has 4 rings (SSSR count). The molecule has 1 amide bonds. The predicted octanol–water partition coefficient (Wildman–Crippen LogP) is 5.47. The van der Waals surface area contributed by atoms with Crippen LogP contribution in [0.2, 0.25) is 5.02 Å². The molecule has 1 aliphatic carbocycles. The lowest BCUT2D eigenvalue weighted by atomic mass is 10.2. The number of furan rings is 1. The van der Waals surface area contributed by atoms with E-state index < -0.39 is 0 Å². The fourth-order valence-corrected chi connectivity index (χ4v) is 3.78. The molecular formula is C19H16ClNO2S. The van der Waals surface area contributed by atoms with Crippen molar-refractivity contribution in [1.82, 2.24) is 4.90 Å². The molecule has 0 unspecified atom stereocenters. The zero-order valence-corrected chi connectivity index (χ0v) is 14.5. The zero-order valence-electron chi connectivity index (χ0n) is 12.9. The lowest BCUT2D eigenvalue weighted by molar-refractivity contribution is 0.0722. The van der Waals surface area contributed by atoms with E-state index in [4.69, 9.17) is 16.0 Å². The maximum atomic E-state index is 12.9. The summed E-state index contributed by atoms with van der Waals surface area (Å²) in [6.45, 7) is 0.532. The topological polar surface area (TPSA) is 33.5 Å². The molecule has 122 valence electrons. The predicted molar refractivity (Wildman–Crippen MR) is 96.4 cm³/mol. The van der Waals surface area contributed by atoms with Crippen molar-refractivity contribution in [1.29, 1.82) is 0 Å². The molecule has 0 atom stereocenters. The van der Waals surface area contributed by atoms with Crippen molar-refractivity contribution in [3.63, 3.8) is 0 Å². The summed E-state index contributed by atoms with van der Waals surface area (Å²) in [6, 6.07) is 15.7. The normalized spacial score (nSPS) is 13.9. The van der Waals surface area contributed by atoms with Gasteiger partial charge in [0.1, 0.15) is 5.76 Å². The Balaban J connectivity index is 1.56. The van der Waals surface area contributed by atoms with Crippen molar-refractivity contribution in [2.45, 2.75) is 25.4 Å². The van der Waals surface area contributed by atoms with Crippen LogP contribution >= 0.6 is 22.9 Å². The molecule has 0 bridgehead atoms. The lowest BCUT2D eigenvalue weighted by Crippen LogP contribution is -2.31. The number of thiophene rings is 1. The number of nitrogens with zero attached hydrogens (tertiary/aromatic N) is 1. The van der Waals surface area contributed by atoms with E-state index in [9.17, 15) is 4.79 Å². The number of carbonyl (C=O) groups excluding carboxylic acids is 1. The summed E-state index contributed by atoms with van der Waals surface area (Å²) in [5.74, 6) is 0.906. The Morgan fingerprint density at radius 2 is 1.96 bits per heavy atom. The van der Waals surface area contributed by atoms with Gasteiger partial charge in [-0.2, -0.15) is 0 Å². The third-order valence-corrected chi connectivity index (χ3v) is 5.47. The van der Waals surface area contributed by atoms with E-state index in [0.717, 1.165) is 33.9 Å². The van der Waals surface area contributed by atoms with Gasteiger partial charge in [0, 0.05) is 15.9 Å². The highest BCUT2D eigenvalue weighted by molar-refractivity contribution is 7.17. The molecule has 3 nitrogen and oxygen atoms in total. The van der Waals surface area contributed by atoms with E-state index in [1.165, 1.54) is 11.3 Å². The van der Waals surface area contributed by atoms with E-state index in [1.807, 2.05) is 53.4 Å². The monoisotopic (exact) mass is 357 g/mol. The van der Waals surface area contributed by atoms with Gasteiger partial charge in [0.2, 0.25) is 0 Å². The van der Waals surface area contributed by atoms with Gasteiger partial charge in [0.15, 0.2) is 0 Å². The molecule has 0 spiro atoms. The van der Waals surface area contributed by atoms with Crippen LogP contribution in [0.25, 0.3) is 10.4 Å². The Bertz CT molecular complexity index is 835. The molecule has 0 N–H and O–H groups in total. The highest BCUT2D eigenvalue weighted by Crippen LogP contribution is 2.34. The molecule has 2 aromatic heterocycles. The molecule has 0 radical (unpaired) electrons. The molecule has 24 heavy (non-hydrogen) atoms. The van der Waals surface area contributed by atoms with Gasteiger partial charge < -0.3 is 9.32 Å². The number of hydrogen-bond acceptors (Lipinski definition) is 3. The van der Waals surface area contributed by atoms with Gasteiger partial charge >= 0.3 is 0 Å². The molecule has 5 heteroatoms. The van der Waals surface area contributed by atoms with Gasteiger partial charge in [-0.1, -0.05) is 23.7 Å². The van der Waals surface area contributed by atoms with Crippen molar-refractivity contribution in [3.8, 4) is 10.4 Å². The number of amides is 1. The Morgan fingerprint density at radius 3 is 2.62 bits per heavy atom. The minimum Gasteiger partial charge on any atom is -0.467 e. The smallest absolute Gasteiger partial charge is 0.264 e. The summed E-state index contributed by atoms with van der Waals surface area (Å²) in [7, 11) is 0. The Labute approximate surface area is 149 Å². The van der Waals surface area contributed by atoms with Crippen LogP contribution in [0.3, 0.4) is 0 Å². The molecule has 3 aromatic rings. The van der Waals surface area contributed by atoms with Crippen LogP contribution in [0.15, 0.2) is 59.2 Å². The van der Waals surface area contributed by atoms with Crippen LogP contribution < -0.4 is 0 Å². The van der Waals surface area contributed by atoms with Gasteiger partial charge in [-0.3, -0.25) is 4.79 Å². The summed E-state index contributed by atoms with van der Waals surface area (Å²) in [5.41, 5.74) is 1.08. The van der Waals surface area contributed by atoms with E-state index in [2.05, 4.69) is 0 Å². The van der Waals surface area contributed by atoms with Gasteiger partial charge in [0.05, 0.1) is 17.7 Å². The van der Waals surface area contributed by atoms with Crippen LogP contribution in [-0.2, 0) is 6.54 Å². The van der Waals surface area contributed by atoms with Gasteiger partial charge in [-0.25, -0.2) is 0 Å². The number of hydrogen-bond donors (Lipinski definition) is 0. The van der Waals surface area contributed by atoms with Gasteiger partial charge in [-0.05, 0) is 54.8 Å². The Kier molecular flexibility index (Phi) is 4.17. The van der Waals surface area contributed by atoms with Crippen molar-refractivity contribution in [2.75, 3.05) is 0 Å². The standard InChI is InChI=1S/C19H16ClNO2S/c20-14-5-3-13(4-6-14)17-9-10-18(24-17)19(22)21(15-7-8-15)12-16-2-1-11-23-16/h1-6,9-11,15H,7-8,12H2. The molecule has 0 saturated heterocycles. The Morgan fingerprint density at radius 1 is 1.17 bits per heavy atom. The third kappa shape index (κ3) is 3.25. The number of halogens is 1. The molecule has 1 aliphatic rings. The summed E-state index contributed by atoms with van der Waals surface area (Å²) in [5, 5.41) is 0.713. The number of carbonyl (C=O) groups is 1. The number of benzene rings is 1. The summed E-state index contributed by atoms with van der Waals surface area (Å²) in [6.07, 6.45) is 3.79. The van der Waals surface area contributed by atoms with Crippen molar-refractivity contribution in [2.24, 2.45) is 0 Å². The molecule has 1 aromatic carbocycles. The fourth-order valence-electron chi connectivity index (χ4n) is 2.69. The maximum absolute atomic E-state index is 12.9. The van der Waals surface area contributed by atoms with Crippen LogP contribution in [0.5, 0.6) is 0 Å². The summed E-state index contributed by atoms with van der Waals surface area (Å²) >= 11 is 7.46. The lowest BCUT2D eigenvalue weighted by Gasteiger charge is -2.20. The van der Waals surface area contributed by atoms with Crippen LogP contribution in [0.1, 0.15) is 28.3 Å². The van der Waals surface area contributed by atoms with Crippen LogP contribution in [0.4, 0.5) is 0 Å². The third-order valence-electron chi connectivity index (χ3n) is 4.10. The molecule has 0 aliphatic heterocycles. The first kappa shape index (κ1) is 15.5. The second kappa shape index (κ2) is 6.46. The van der Waals surface area contributed by atoms with E-state index >= 15 is 0 Å². The maximum Gasteiger partial charge on any atom is 0.264 e. The minimum absolute atomic E-state index is 0.0825. The average molecular weight is 358 g/mol. The summed E-state index contributed by atoms with van der Waals surface area (Å²) < 4.78 is 5.41. The van der Waals surface area contributed by atoms with Gasteiger partial charge in [-0.15, -0.1) is 11.3 Å². The van der Waals surface area contributed by atoms with Crippen molar-refractivity contribution in [3.05, 3.63) is 70.5 Å². The van der Waals surface area contributed by atoms with E-state index in [1.54, 1.807) is 6.26 Å². The minimum atomic E-state index is 0.0825. The molecule has 1 fully saturated rings. The van der Waals surface area contributed by atoms with Crippen LogP contribution in [0, 0.1) is 0 Å². The summed E-state index contributed by atoms with van der Waals surface area (Å²) in [4.78, 5) is 16.7. The van der Waals surface area contributed by atoms with Crippen molar-refractivity contribution >= 4 is 28.8 Å². The number of rotatable bonds is 5. The SMILES string of the molecule is O=C(c1ccc(-c2ccc(Cl)cc2)s1)N(Cc1ccco1)C1CC1. The van der Waals surface area contributed by atoms with E-state index in [-0.39, 0.29) is 5.91 Å². The zero-order chi connectivity index (χ0) is 16.5. The quantitative estimate of drug-likeness (QED) is 0.607. The Hall–Kier alpha value is -2.04. The highest BCUT2D eigenvalue weighted by Gasteiger charge is 2.34. The first-order valence-electron chi connectivity index (χ1n) is 7.90. The first-order chi connectivity index (χ1) is 11.7. The second-order valence-electron chi connectivity index (χ2n) is 5.91. The van der Waals surface area contributed by atoms with Crippen LogP contribution in [-0.4, -0.2) is 16.8 Å². The second-order valence-corrected chi connectivity index (χ2v) is 7.43. The van der Waals surface area contributed by atoms with Crippen molar-refractivity contribution < 1.29 is 9.21 Å². The molecular weight excluding hydrogens is 342 g/mol. The highest BCUT2D eigenvalue weighted by atomic mass is 35.5. The average Bonchev–Trinajstić information content (AvgIpc) is 3.10. The fraction of sp³-hybridized carbons (Fsp3) is 0.211. The molecule has 2 heterocycles. The van der Waals surface area contributed by atoms with E-state index in [0.29, 0.717) is 17.6 Å². The molecule has 1 saturated carbocycles. The van der Waals surface area contributed by atoms with Gasteiger partial charge in [0.25, 0.3) is 5.91 Å². The largest absolute Gasteiger partial charge is 0.467 e. The first-order valence-corrected chi connectivity index (χ1v) is 9.09.